The molecule has 0 radical (unpaired) electrons. The monoisotopic (exact) mass is 367 g/mol. The molecule has 0 spiro atoms. The molecule has 4 rings (SSSR count). The zero-order valence-corrected chi connectivity index (χ0v) is 14.7. The van der Waals surface area contributed by atoms with Crippen molar-refractivity contribution in [2.75, 3.05) is 26.5 Å². The standard InChI is InChI=1S/C19H17N3O5/c1-24-15-4-3-11(7-14(15)22-23)13-5-6-20-21-18(13)12-8-16(25-2)19-17(9-12)26-10-27-19/h3-9,22-23H,10H2,1-2H3. The Balaban J connectivity index is 1.86. The average Bonchev–Trinajstić information content (AvgIpc) is 3.21. The number of hydrogen-bond donors (Lipinski definition) is 2. The molecular formula is C19H17N3O5. The fraction of sp³-hybridized carbons (Fsp3) is 0.158. The van der Waals surface area contributed by atoms with Crippen LogP contribution in [0.1, 0.15) is 0 Å². The fourth-order valence-electron chi connectivity index (χ4n) is 3.01. The van der Waals surface area contributed by atoms with Gasteiger partial charge in [0.1, 0.15) is 17.1 Å². The van der Waals surface area contributed by atoms with Crippen molar-refractivity contribution in [3.63, 3.8) is 0 Å². The maximum atomic E-state index is 9.38. The summed E-state index contributed by atoms with van der Waals surface area (Å²) in [6.07, 6.45) is 1.61. The molecule has 0 saturated heterocycles. The van der Waals surface area contributed by atoms with Gasteiger partial charge in [0.2, 0.25) is 12.5 Å². The average molecular weight is 367 g/mol. The van der Waals surface area contributed by atoms with Crippen LogP contribution in [0.3, 0.4) is 0 Å². The summed E-state index contributed by atoms with van der Waals surface area (Å²) in [6.45, 7) is 0.145. The van der Waals surface area contributed by atoms with Crippen LogP contribution in [0.25, 0.3) is 22.4 Å². The normalized spacial score (nSPS) is 12.0. The Hall–Kier alpha value is -3.52. The van der Waals surface area contributed by atoms with Crippen LogP contribution < -0.4 is 24.4 Å². The van der Waals surface area contributed by atoms with Crippen LogP contribution in [0.2, 0.25) is 0 Å². The molecule has 2 heterocycles. The van der Waals surface area contributed by atoms with Crippen LogP contribution in [0.15, 0.2) is 42.6 Å². The van der Waals surface area contributed by atoms with Crippen molar-refractivity contribution < 1.29 is 24.2 Å². The Morgan fingerprint density at radius 2 is 1.85 bits per heavy atom. The number of methoxy groups -OCH3 is 2. The van der Waals surface area contributed by atoms with E-state index in [0.29, 0.717) is 34.4 Å². The maximum Gasteiger partial charge on any atom is 0.231 e. The number of rotatable bonds is 5. The summed E-state index contributed by atoms with van der Waals surface area (Å²) in [7, 11) is 3.11. The molecule has 8 nitrogen and oxygen atoms in total. The highest BCUT2D eigenvalue weighted by molar-refractivity contribution is 5.84. The van der Waals surface area contributed by atoms with Gasteiger partial charge in [-0.05, 0) is 35.9 Å². The first-order valence-corrected chi connectivity index (χ1v) is 8.13. The topological polar surface area (TPSA) is 95.0 Å². The van der Waals surface area contributed by atoms with E-state index in [0.717, 1.165) is 16.7 Å². The lowest BCUT2D eigenvalue weighted by atomic mass is 9.99. The molecule has 0 amide bonds. The second-order valence-electron chi connectivity index (χ2n) is 5.73. The van der Waals surface area contributed by atoms with E-state index in [1.165, 1.54) is 7.11 Å². The molecule has 1 aromatic heterocycles. The highest BCUT2D eigenvalue weighted by Crippen LogP contribution is 2.45. The van der Waals surface area contributed by atoms with Gasteiger partial charge in [-0.15, -0.1) is 5.10 Å². The summed E-state index contributed by atoms with van der Waals surface area (Å²) in [5.41, 5.74) is 5.66. The Morgan fingerprint density at radius 1 is 1.00 bits per heavy atom. The predicted octanol–water partition coefficient (Wildman–Crippen LogP) is 3.36. The van der Waals surface area contributed by atoms with E-state index in [1.807, 2.05) is 24.3 Å². The largest absolute Gasteiger partial charge is 0.495 e. The molecule has 3 aromatic rings. The van der Waals surface area contributed by atoms with Crippen molar-refractivity contribution in [2.45, 2.75) is 0 Å². The van der Waals surface area contributed by atoms with E-state index in [1.54, 1.807) is 25.4 Å². The Bertz CT molecular complexity index is 993. The predicted molar refractivity (Wildman–Crippen MR) is 97.5 cm³/mol. The van der Waals surface area contributed by atoms with Gasteiger partial charge in [0.25, 0.3) is 0 Å². The second kappa shape index (κ2) is 7.00. The second-order valence-corrected chi connectivity index (χ2v) is 5.73. The van der Waals surface area contributed by atoms with Crippen molar-refractivity contribution in [1.29, 1.82) is 0 Å². The molecule has 0 unspecified atom stereocenters. The van der Waals surface area contributed by atoms with Crippen LogP contribution >= 0.6 is 0 Å². The van der Waals surface area contributed by atoms with Gasteiger partial charge in [0, 0.05) is 11.1 Å². The molecule has 0 fully saturated rings. The van der Waals surface area contributed by atoms with E-state index in [4.69, 9.17) is 18.9 Å². The highest BCUT2D eigenvalue weighted by Gasteiger charge is 2.22. The van der Waals surface area contributed by atoms with Crippen LogP contribution in [0.4, 0.5) is 5.69 Å². The molecule has 138 valence electrons. The number of fused-ring (bicyclic) bond motifs is 1. The van der Waals surface area contributed by atoms with Gasteiger partial charge in [0.05, 0.1) is 20.4 Å². The molecule has 0 bridgehead atoms. The van der Waals surface area contributed by atoms with Gasteiger partial charge in [-0.2, -0.15) is 5.10 Å². The lowest BCUT2D eigenvalue weighted by Gasteiger charge is -2.13. The van der Waals surface area contributed by atoms with Crippen molar-refractivity contribution in [3.05, 3.63) is 42.6 Å². The fourth-order valence-corrected chi connectivity index (χ4v) is 3.01. The van der Waals surface area contributed by atoms with Crippen LogP contribution in [-0.2, 0) is 0 Å². The summed E-state index contributed by atoms with van der Waals surface area (Å²) >= 11 is 0. The molecule has 2 N–H and O–H groups in total. The van der Waals surface area contributed by atoms with Crippen molar-refractivity contribution in [3.8, 4) is 45.4 Å². The molecule has 27 heavy (non-hydrogen) atoms. The summed E-state index contributed by atoms with van der Waals surface area (Å²) in [4.78, 5) is 0. The van der Waals surface area contributed by atoms with Gasteiger partial charge < -0.3 is 18.9 Å². The molecular weight excluding hydrogens is 350 g/mol. The zero-order chi connectivity index (χ0) is 18.8. The molecule has 0 aliphatic carbocycles. The lowest BCUT2D eigenvalue weighted by molar-refractivity contribution is 0.171. The third-order valence-corrected chi connectivity index (χ3v) is 4.28. The maximum absolute atomic E-state index is 9.38. The number of ether oxygens (including phenoxy) is 4. The Morgan fingerprint density at radius 3 is 2.63 bits per heavy atom. The summed E-state index contributed by atoms with van der Waals surface area (Å²) in [5.74, 6) is 2.25. The molecule has 8 heteroatoms. The van der Waals surface area contributed by atoms with E-state index >= 15 is 0 Å². The third-order valence-electron chi connectivity index (χ3n) is 4.28. The van der Waals surface area contributed by atoms with Crippen LogP contribution in [0.5, 0.6) is 23.0 Å². The first kappa shape index (κ1) is 16.9. The lowest BCUT2D eigenvalue weighted by Crippen LogP contribution is -1.97. The van der Waals surface area contributed by atoms with Crippen molar-refractivity contribution in [1.82, 2.24) is 10.2 Å². The number of nitrogens with zero attached hydrogens (tertiary/aromatic N) is 2. The molecule has 2 aromatic carbocycles. The quantitative estimate of drug-likeness (QED) is 0.663. The van der Waals surface area contributed by atoms with E-state index in [9.17, 15) is 5.21 Å². The minimum absolute atomic E-state index is 0.145. The summed E-state index contributed by atoms with van der Waals surface area (Å²) in [6, 6.07) is 10.9. The minimum Gasteiger partial charge on any atom is -0.495 e. The summed E-state index contributed by atoms with van der Waals surface area (Å²) in [5, 5.41) is 17.7. The Labute approximate surface area is 155 Å². The van der Waals surface area contributed by atoms with E-state index in [-0.39, 0.29) is 6.79 Å². The molecule has 0 saturated carbocycles. The van der Waals surface area contributed by atoms with E-state index < -0.39 is 0 Å². The number of hydrogen-bond acceptors (Lipinski definition) is 8. The van der Waals surface area contributed by atoms with Gasteiger partial charge in [-0.25, -0.2) is 0 Å². The first-order chi connectivity index (χ1) is 13.2. The molecule has 1 aliphatic heterocycles. The van der Waals surface area contributed by atoms with Gasteiger partial charge in [0.15, 0.2) is 11.5 Å². The van der Waals surface area contributed by atoms with E-state index in [2.05, 4.69) is 15.7 Å². The van der Waals surface area contributed by atoms with Gasteiger partial charge >= 0.3 is 0 Å². The third kappa shape index (κ3) is 2.96. The number of nitrogens with one attached hydrogen (secondary N) is 1. The summed E-state index contributed by atoms with van der Waals surface area (Å²) < 4.78 is 21.6. The number of aromatic nitrogens is 2. The SMILES string of the molecule is COc1ccc(-c2ccnnc2-c2cc(OC)c3c(c2)OCO3)cc1NO. The highest BCUT2D eigenvalue weighted by atomic mass is 16.7. The van der Waals surface area contributed by atoms with Crippen LogP contribution in [-0.4, -0.2) is 36.4 Å². The number of benzene rings is 2. The van der Waals surface area contributed by atoms with Crippen molar-refractivity contribution in [2.24, 2.45) is 0 Å². The minimum atomic E-state index is 0.145. The first-order valence-electron chi connectivity index (χ1n) is 8.13. The molecule has 1 aliphatic rings. The number of anilines is 1. The van der Waals surface area contributed by atoms with Gasteiger partial charge in [-0.1, -0.05) is 6.07 Å². The van der Waals surface area contributed by atoms with Crippen LogP contribution in [0, 0.1) is 0 Å². The zero-order valence-electron chi connectivity index (χ0n) is 14.7. The van der Waals surface area contributed by atoms with Gasteiger partial charge in [-0.3, -0.25) is 10.7 Å². The Kier molecular flexibility index (Phi) is 4.39. The molecule has 0 atom stereocenters. The smallest absolute Gasteiger partial charge is 0.231 e. The van der Waals surface area contributed by atoms with Crippen molar-refractivity contribution >= 4 is 5.69 Å².